The number of carboxylic acid groups (broad SMARTS) is 1. The molecule has 1 heterocycles. The molecule has 1 aromatic rings. The predicted octanol–water partition coefficient (Wildman–Crippen LogP) is 0.696. The summed E-state index contributed by atoms with van der Waals surface area (Å²) in [5.41, 5.74) is 2.05. The van der Waals surface area contributed by atoms with Gasteiger partial charge >= 0.3 is 5.97 Å². The Hall–Kier alpha value is -1.85. The lowest BCUT2D eigenvalue weighted by atomic mass is 10.1. The van der Waals surface area contributed by atoms with Crippen LogP contribution in [0.5, 0.6) is 0 Å². The number of nitrogens with zero attached hydrogens (tertiary/aromatic N) is 2. The number of amides is 1. The number of rotatable bonds is 3. The summed E-state index contributed by atoms with van der Waals surface area (Å²) in [5, 5.41) is 15.4. The molecule has 0 bridgehead atoms. The van der Waals surface area contributed by atoms with Gasteiger partial charge in [0.15, 0.2) is 0 Å². The number of aliphatic carboxylic acids is 1. The van der Waals surface area contributed by atoms with Crippen LogP contribution in [0.15, 0.2) is 0 Å². The summed E-state index contributed by atoms with van der Waals surface area (Å²) in [6, 6.07) is 0. The second-order valence-electron chi connectivity index (χ2n) is 3.72. The van der Waals surface area contributed by atoms with Crippen molar-refractivity contribution in [2.24, 2.45) is 13.0 Å². The number of carboxylic acids is 1. The average Bonchev–Trinajstić information content (AvgIpc) is 2.43. The van der Waals surface area contributed by atoms with Crippen molar-refractivity contribution >= 4 is 17.6 Å². The fourth-order valence-corrected chi connectivity index (χ4v) is 1.30. The average molecular weight is 225 g/mol. The number of anilines is 1. The minimum absolute atomic E-state index is 0.535. The number of carbonyl (C=O) groups excluding carboxylic acids is 1. The van der Waals surface area contributed by atoms with E-state index in [0.717, 1.165) is 5.69 Å². The van der Waals surface area contributed by atoms with Gasteiger partial charge in [0.2, 0.25) is 5.91 Å². The van der Waals surface area contributed by atoms with Gasteiger partial charge in [-0.2, -0.15) is 5.10 Å². The van der Waals surface area contributed by atoms with Gasteiger partial charge in [-0.1, -0.05) is 0 Å². The van der Waals surface area contributed by atoms with Crippen LogP contribution < -0.4 is 5.32 Å². The maximum absolute atomic E-state index is 11.5. The molecule has 1 unspecified atom stereocenters. The molecule has 2 N–H and O–H groups in total. The van der Waals surface area contributed by atoms with E-state index in [1.54, 1.807) is 25.6 Å². The van der Waals surface area contributed by atoms with Crippen molar-refractivity contribution in [3.63, 3.8) is 0 Å². The third kappa shape index (κ3) is 2.21. The van der Waals surface area contributed by atoms with Crippen LogP contribution in [-0.2, 0) is 16.6 Å². The smallest absolute Gasteiger partial charge is 0.315 e. The molecule has 0 radical (unpaired) electrons. The van der Waals surface area contributed by atoms with Crippen LogP contribution in [0.1, 0.15) is 18.3 Å². The number of hydrogen-bond acceptors (Lipinski definition) is 3. The monoisotopic (exact) mass is 225 g/mol. The normalized spacial score (nSPS) is 12.2. The largest absolute Gasteiger partial charge is 0.481 e. The Balaban J connectivity index is 2.89. The maximum atomic E-state index is 11.5. The molecule has 0 fully saturated rings. The van der Waals surface area contributed by atoms with E-state index in [9.17, 15) is 9.59 Å². The molecule has 0 aliphatic heterocycles. The van der Waals surface area contributed by atoms with E-state index >= 15 is 0 Å². The Morgan fingerprint density at radius 3 is 2.38 bits per heavy atom. The van der Waals surface area contributed by atoms with Gasteiger partial charge in [0.25, 0.3) is 0 Å². The van der Waals surface area contributed by atoms with Gasteiger partial charge in [0, 0.05) is 7.05 Å². The number of aryl methyl sites for hydroxylation is 2. The van der Waals surface area contributed by atoms with Crippen LogP contribution in [0.4, 0.5) is 5.69 Å². The third-order valence-corrected chi connectivity index (χ3v) is 2.52. The van der Waals surface area contributed by atoms with Crippen LogP contribution in [0.3, 0.4) is 0 Å². The number of carbonyl (C=O) groups is 2. The molecule has 0 saturated carbocycles. The van der Waals surface area contributed by atoms with Crippen LogP contribution >= 0.6 is 0 Å². The van der Waals surface area contributed by atoms with Gasteiger partial charge in [-0.05, 0) is 20.8 Å². The Morgan fingerprint density at radius 1 is 1.44 bits per heavy atom. The molecule has 1 rings (SSSR count). The zero-order valence-electron chi connectivity index (χ0n) is 9.74. The van der Waals surface area contributed by atoms with Gasteiger partial charge in [-0.25, -0.2) is 0 Å². The zero-order chi connectivity index (χ0) is 12.5. The highest BCUT2D eigenvalue weighted by molar-refractivity contribution is 6.04. The summed E-state index contributed by atoms with van der Waals surface area (Å²) in [6.45, 7) is 4.91. The van der Waals surface area contributed by atoms with Crippen LogP contribution in [0, 0.1) is 19.8 Å². The Labute approximate surface area is 93.3 Å². The molecule has 1 atom stereocenters. The highest BCUT2D eigenvalue weighted by atomic mass is 16.4. The molecule has 0 saturated heterocycles. The van der Waals surface area contributed by atoms with Crippen molar-refractivity contribution in [1.29, 1.82) is 0 Å². The molecule has 6 heteroatoms. The van der Waals surface area contributed by atoms with Crippen molar-refractivity contribution in [1.82, 2.24) is 9.78 Å². The minimum atomic E-state index is -1.14. The van der Waals surface area contributed by atoms with Crippen LogP contribution in [-0.4, -0.2) is 26.8 Å². The topological polar surface area (TPSA) is 84.2 Å². The quantitative estimate of drug-likeness (QED) is 0.741. The maximum Gasteiger partial charge on any atom is 0.315 e. The lowest BCUT2D eigenvalue weighted by molar-refractivity contribution is -0.144. The van der Waals surface area contributed by atoms with E-state index in [4.69, 9.17) is 5.11 Å². The SMILES string of the molecule is Cc1nn(C)c(C)c1NC(=O)C(C)C(=O)O. The second kappa shape index (κ2) is 4.34. The molecule has 16 heavy (non-hydrogen) atoms. The molecule has 1 amide bonds. The summed E-state index contributed by atoms with van der Waals surface area (Å²) in [4.78, 5) is 22.2. The molecule has 88 valence electrons. The predicted molar refractivity (Wildman–Crippen MR) is 58.1 cm³/mol. The number of nitrogens with one attached hydrogen (secondary N) is 1. The first-order valence-corrected chi connectivity index (χ1v) is 4.88. The van der Waals surface area contributed by atoms with Crippen molar-refractivity contribution in [3.05, 3.63) is 11.4 Å². The molecular formula is C10H15N3O3. The second-order valence-corrected chi connectivity index (χ2v) is 3.72. The fourth-order valence-electron chi connectivity index (χ4n) is 1.30. The third-order valence-electron chi connectivity index (χ3n) is 2.52. The van der Waals surface area contributed by atoms with Gasteiger partial charge in [0.1, 0.15) is 5.92 Å². The van der Waals surface area contributed by atoms with Crippen molar-refractivity contribution in [2.75, 3.05) is 5.32 Å². The lowest BCUT2D eigenvalue weighted by Gasteiger charge is -2.08. The Kier molecular flexibility index (Phi) is 3.31. The highest BCUT2D eigenvalue weighted by Crippen LogP contribution is 2.19. The first-order valence-electron chi connectivity index (χ1n) is 4.88. The summed E-state index contributed by atoms with van der Waals surface area (Å²) in [6.07, 6.45) is 0. The van der Waals surface area contributed by atoms with E-state index in [0.29, 0.717) is 11.4 Å². The number of aromatic nitrogens is 2. The van der Waals surface area contributed by atoms with E-state index in [1.807, 2.05) is 0 Å². The fraction of sp³-hybridized carbons (Fsp3) is 0.500. The van der Waals surface area contributed by atoms with Crippen molar-refractivity contribution < 1.29 is 14.7 Å². The molecule has 0 aromatic carbocycles. The summed E-state index contributed by atoms with van der Waals surface area (Å²) in [5.74, 6) is -2.75. The standard InChI is InChI=1S/C10H15N3O3/c1-5(10(15)16)9(14)11-8-6(2)12-13(4)7(8)3/h5H,1-4H3,(H,11,14)(H,15,16). The Morgan fingerprint density at radius 2 is 2.00 bits per heavy atom. The van der Waals surface area contributed by atoms with Crippen LogP contribution in [0.2, 0.25) is 0 Å². The molecule has 0 aliphatic rings. The zero-order valence-corrected chi connectivity index (χ0v) is 9.74. The summed E-state index contributed by atoms with van der Waals surface area (Å²) in [7, 11) is 1.76. The van der Waals surface area contributed by atoms with Gasteiger partial charge in [-0.3, -0.25) is 14.3 Å². The van der Waals surface area contributed by atoms with Crippen molar-refractivity contribution in [2.45, 2.75) is 20.8 Å². The molecule has 0 aliphatic carbocycles. The first kappa shape index (κ1) is 12.2. The van der Waals surface area contributed by atoms with E-state index in [2.05, 4.69) is 10.4 Å². The lowest BCUT2D eigenvalue weighted by Crippen LogP contribution is -2.27. The molecule has 6 nitrogen and oxygen atoms in total. The van der Waals surface area contributed by atoms with Crippen LogP contribution in [0.25, 0.3) is 0 Å². The minimum Gasteiger partial charge on any atom is -0.481 e. The summed E-state index contributed by atoms with van der Waals surface area (Å²) >= 11 is 0. The van der Waals surface area contributed by atoms with E-state index in [-0.39, 0.29) is 0 Å². The first-order chi connectivity index (χ1) is 7.34. The molecule has 0 spiro atoms. The molecule has 1 aromatic heterocycles. The Bertz CT molecular complexity index is 437. The van der Waals surface area contributed by atoms with Gasteiger partial charge in [0.05, 0.1) is 17.1 Å². The highest BCUT2D eigenvalue weighted by Gasteiger charge is 2.22. The van der Waals surface area contributed by atoms with E-state index in [1.165, 1.54) is 6.92 Å². The summed E-state index contributed by atoms with van der Waals surface area (Å²) < 4.78 is 1.64. The molecular weight excluding hydrogens is 210 g/mol. The van der Waals surface area contributed by atoms with Crippen molar-refractivity contribution in [3.8, 4) is 0 Å². The number of hydrogen-bond donors (Lipinski definition) is 2. The van der Waals surface area contributed by atoms with Gasteiger partial charge in [-0.15, -0.1) is 0 Å². The van der Waals surface area contributed by atoms with E-state index < -0.39 is 17.8 Å². The van der Waals surface area contributed by atoms with Gasteiger partial charge < -0.3 is 10.4 Å².